The number of carbonyl (C=O) groups is 1. The van der Waals surface area contributed by atoms with Crippen molar-refractivity contribution in [2.75, 3.05) is 5.32 Å². The van der Waals surface area contributed by atoms with Crippen LogP contribution >= 0.6 is 0 Å². The molecule has 2 N–H and O–H groups in total. The third-order valence-corrected chi connectivity index (χ3v) is 2.66. The van der Waals surface area contributed by atoms with E-state index in [9.17, 15) is 18.0 Å². The van der Waals surface area contributed by atoms with Crippen LogP contribution in [0.5, 0.6) is 0 Å². The Morgan fingerprint density at radius 1 is 1.29 bits per heavy atom. The highest BCUT2D eigenvalue weighted by atomic mass is 19.4. The average molecular weight is 297 g/mol. The number of alkyl halides is 3. The molecular formula is C13H10F3N3O2. The Morgan fingerprint density at radius 2 is 2.05 bits per heavy atom. The first-order valence-electron chi connectivity index (χ1n) is 5.83. The molecule has 1 aromatic heterocycles. The minimum atomic E-state index is -4.74. The summed E-state index contributed by atoms with van der Waals surface area (Å²) in [6.07, 6.45) is -3.26. The van der Waals surface area contributed by atoms with Crippen LogP contribution in [0.3, 0.4) is 0 Å². The summed E-state index contributed by atoms with van der Waals surface area (Å²) in [5, 5.41) is 19.0. The van der Waals surface area contributed by atoms with Gasteiger partial charge in [0.1, 0.15) is 0 Å². The zero-order valence-corrected chi connectivity index (χ0v) is 10.6. The molecule has 0 unspecified atom stereocenters. The lowest BCUT2D eigenvalue weighted by molar-refractivity contribution is -0.138. The number of hydrogen-bond acceptors (Lipinski definition) is 4. The number of benzene rings is 1. The van der Waals surface area contributed by atoms with Crippen molar-refractivity contribution in [3.8, 4) is 0 Å². The van der Waals surface area contributed by atoms with E-state index in [1.807, 2.05) is 0 Å². The van der Waals surface area contributed by atoms with Crippen molar-refractivity contribution in [1.82, 2.24) is 10.2 Å². The van der Waals surface area contributed by atoms with Gasteiger partial charge in [-0.15, -0.1) is 0 Å². The minimum Gasteiger partial charge on any atom is -0.478 e. The maximum atomic E-state index is 12.8. The van der Waals surface area contributed by atoms with Gasteiger partial charge in [-0.3, -0.25) is 0 Å². The quantitative estimate of drug-likeness (QED) is 0.907. The lowest BCUT2D eigenvalue weighted by atomic mass is 10.1. The number of aromatic nitrogens is 2. The van der Waals surface area contributed by atoms with Crippen LogP contribution in [0.2, 0.25) is 0 Å². The van der Waals surface area contributed by atoms with Crippen LogP contribution in [0.25, 0.3) is 0 Å². The molecule has 110 valence electrons. The van der Waals surface area contributed by atoms with Gasteiger partial charge in [-0.1, -0.05) is 0 Å². The smallest absolute Gasteiger partial charge is 0.417 e. The molecule has 0 atom stereocenters. The maximum absolute atomic E-state index is 12.8. The third kappa shape index (κ3) is 3.68. The summed E-state index contributed by atoms with van der Waals surface area (Å²) < 4.78 is 38.5. The Balaban J connectivity index is 2.24. The molecule has 0 saturated heterocycles. The van der Waals surface area contributed by atoms with Crippen molar-refractivity contribution in [2.45, 2.75) is 12.7 Å². The van der Waals surface area contributed by atoms with Crippen LogP contribution in [0.4, 0.5) is 18.9 Å². The first kappa shape index (κ1) is 14.8. The largest absolute Gasteiger partial charge is 0.478 e. The van der Waals surface area contributed by atoms with E-state index in [1.165, 1.54) is 12.3 Å². The SMILES string of the molecule is O=C(O)c1ccc(NCc2cccnn2)cc1C(F)(F)F. The summed E-state index contributed by atoms with van der Waals surface area (Å²) >= 11 is 0. The Labute approximate surface area is 117 Å². The van der Waals surface area contributed by atoms with Gasteiger partial charge in [0.05, 0.1) is 23.4 Å². The fourth-order valence-electron chi connectivity index (χ4n) is 1.70. The zero-order valence-electron chi connectivity index (χ0n) is 10.6. The molecular weight excluding hydrogens is 287 g/mol. The molecule has 0 aliphatic rings. The van der Waals surface area contributed by atoms with Crippen molar-refractivity contribution in [3.63, 3.8) is 0 Å². The van der Waals surface area contributed by atoms with Gasteiger partial charge in [0.15, 0.2) is 0 Å². The summed E-state index contributed by atoms with van der Waals surface area (Å²) in [5.74, 6) is -1.62. The van der Waals surface area contributed by atoms with Gasteiger partial charge in [0.25, 0.3) is 0 Å². The Morgan fingerprint density at radius 3 is 2.62 bits per heavy atom. The molecule has 21 heavy (non-hydrogen) atoms. The van der Waals surface area contributed by atoms with Crippen LogP contribution < -0.4 is 5.32 Å². The number of halogens is 3. The number of aromatic carboxylic acids is 1. The molecule has 0 aliphatic heterocycles. The second-order valence-corrected chi connectivity index (χ2v) is 4.13. The Kier molecular flexibility index (Phi) is 4.06. The summed E-state index contributed by atoms with van der Waals surface area (Å²) in [7, 11) is 0. The van der Waals surface area contributed by atoms with Crippen LogP contribution in [-0.4, -0.2) is 21.3 Å². The first-order valence-corrected chi connectivity index (χ1v) is 5.83. The number of rotatable bonds is 4. The summed E-state index contributed by atoms with van der Waals surface area (Å²) in [4.78, 5) is 10.8. The lowest BCUT2D eigenvalue weighted by Gasteiger charge is -2.13. The van der Waals surface area contributed by atoms with Crippen LogP contribution in [0.1, 0.15) is 21.6 Å². The molecule has 0 saturated carbocycles. The summed E-state index contributed by atoms with van der Waals surface area (Å²) in [6.45, 7) is 0.178. The molecule has 0 spiro atoms. The Hall–Kier alpha value is -2.64. The van der Waals surface area contributed by atoms with Gasteiger partial charge >= 0.3 is 12.1 Å². The van der Waals surface area contributed by atoms with Gasteiger partial charge in [0, 0.05) is 11.9 Å². The molecule has 5 nitrogen and oxygen atoms in total. The second kappa shape index (κ2) is 5.78. The molecule has 0 bridgehead atoms. The minimum absolute atomic E-state index is 0.151. The molecule has 2 aromatic rings. The molecule has 1 aromatic carbocycles. The normalized spacial score (nSPS) is 11.2. The highest BCUT2D eigenvalue weighted by Gasteiger charge is 2.35. The topological polar surface area (TPSA) is 75.1 Å². The monoisotopic (exact) mass is 297 g/mol. The van der Waals surface area contributed by atoms with Crippen molar-refractivity contribution in [1.29, 1.82) is 0 Å². The van der Waals surface area contributed by atoms with Gasteiger partial charge < -0.3 is 10.4 Å². The van der Waals surface area contributed by atoms with E-state index in [-0.39, 0.29) is 12.2 Å². The third-order valence-electron chi connectivity index (χ3n) is 2.66. The van der Waals surface area contributed by atoms with E-state index in [0.717, 1.165) is 12.1 Å². The number of hydrogen-bond donors (Lipinski definition) is 2. The predicted molar refractivity (Wildman–Crippen MR) is 67.8 cm³/mol. The number of nitrogens with zero attached hydrogens (tertiary/aromatic N) is 2. The van der Waals surface area contributed by atoms with Gasteiger partial charge in [-0.05, 0) is 30.3 Å². The van der Waals surface area contributed by atoms with Gasteiger partial charge in [0.2, 0.25) is 0 Å². The number of carboxylic acid groups (broad SMARTS) is 1. The average Bonchev–Trinajstić information content (AvgIpc) is 2.45. The molecule has 0 aliphatic carbocycles. The summed E-state index contributed by atoms with van der Waals surface area (Å²) in [5.41, 5.74) is -1.28. The maximum Gasteiger partial charge on any atom is 0.417 e. The fourth-order valence-corrected chi connectivity index (χ4v) is 1.70. The molecule has 1 heterocycles. The molecule has 0 amide bonds. The van der Waals surface area contributed by atoms with Crippen molar-refractivity contribution in [2.24, 2.45) is 0 Å². The van der Waals surface area contributed by atoms with E-state index in [1.54, 1.807) is 12.1 Å². The zero-order chi connectivity index (χ0) is 15.5. The molecule has 0 radical (unpaired) electrons. The predicted octanol–water partition coefficient (Wildman–Crippen LogP) is 2.81. The fraction of sp³-hybridized carbons (Fsp3) is 0.154. The van der Waals surface area contributed by atoms with E-state index < -0.39 is 23.3 Å². The number of carboxylic acids is 1. The standard InChI is InChI=1S/C13H10F3N3O2/c14-13(15,16)11-6-8(3-4-10(11)12(20)21)17-7-9-2-1-5-18-19-9/h1-6,17H,7H2,(H,20,21). The van der Waals surface area contributed by atoms with Crippen molar-refractivity contribution >= 4 is 11.7 Å². The Bertz CT molecular complexity index is 645. The number of nitrogens with one attached hydrogen (secondary N) is 1. The summed E-state index contributed by atoms with van der Waals surface area (Å²) in [6, 6.07) is 6.27. The van der Waals surface area contributed by atoms with E-state index >= 15 is 0 Å². The van der Waals surface area contributed by atoms with Crippen LogP contribution in [0.15, 0.2) is 36.5 Å². The number of anilines is 1. The van der Waals surface area contributed by atoms with Crippen LogP contribution in [-0.2, 0) is 12.7 Å². The van der Waals surface area contributed by atoms with Gasteiger partial charge in [-0.25, -0.2) is 4.79 Å². The highest BCUT2D eigenvalue weighted by molar-refractivity contribution is 5.90. The van der Waals surface area contributed by atoms with E-state index in [0.29, 0.717) is 5.69 Å². The van der Waals surface area contributed by atoms with Crippen molar-refractivity contribution in [3.05, 3.63) is 53.3 Å². The van der Waals surface area contributed by atoms with Gasteiger partial charge in [-0.2, -0.15) is 23.4 Å². The molecule has 8 heteroatoms. The molecule has 2 rings (SSSR count). The molecule has 0 fully saturated rings. The lowest BCUT2D eigenvalue weighted by Crippen LogP contribution is -2.13. The second-order valence-electron chi connectivity index (χ2n) is 4.13. The van der Waals surface area contributed by atoms with E-state index in [4.69, 9.17) is 5.11 Å². The van der Waals surface area contributed by atoms with Crippen LogP contribution in [0, 0.1) is 0 Å². The van der Waals surface area contributed by atoms with Crippen molar-refractivity contribution < 1.29 is 23.1 Å². The highest BCUT2D eigenvalue weighted by Crippen LogP contribution is 2.33. The first-order chi connectivity index (χ1) is 9.88. The van der Waals surface area contributed by atoms with E-state index in [2.05, 4.69) is 15.5 Å².